The topological polar surface area (TPSA) is 204 Å². The molecule has 134 valence electrons. The normalized spacial score (nSPS) is 10.8. The van der Waals surface area contributed by atoms with Crippen LogP contribution in [0, 0.1) is 11.3 Å². The Morgan fingerprint density at radius 3 is 2.73 bits per heavy atom. The number of aromatic amines is 1. The highest BCUT2D eigenvalue weighted by Crippen LogP contribution is 2.34. The third-order valence-corrected chi connectivity index (χ3v) is 3.51. The van der Waals surface area contributed by atoms with Crippen molar-refractivity contribution >= 4 is 35.1 Å². The summed E-state index contributed by atoms with van der Waals surface area (Å²) in [7, 11) is 0. The van der Waals surface area contributed by atoms with Crippen LogP contribution >= 0.6 is 12.0 Å². The molecule has 0 aliphatic rings. The molecule has 2 rings (SSSR count). The zero-order chi connectivity index (χ0) is 19.3. The Morgan fingerprint density at radius 1 is 1.38 bits per heavy atom. The van der Waals surface area contributed by atoms with Crippen molar-refractivity contribution in [3.8, 4) is 11.9 Å². The summed E-state index contributed by atoms with van der Waals surface area (Å²) in [6.07, 6.45) is 0. The maximum Gasteiger partial charge on any atom is 0.338 e. The van der Waals surface area contributed by atoms with E-state index in [1.807, 2.05) is 4.98 Å². The number of azo groups is 1. The van der Waals surface area contributed by atoms with E-state index < -0.39 is 34.3 Å². The van der Waals surface area contributed by atoms with E-state index in [-0.39, 0.29) is 16.1 Å². The lowest BCUT2D eigenvalue weighted by Crippen LogP contribution is -2.12. The van der Waals surface area contributed by atoms with Gasteiger partial charge in [-0.25, -0.2) is 10.1 Å². The molecule has 0 radical (unpaired) electrons. The first-order valence-electron chi connectivity index (χ1n) is 6.47. The van der Waals surface area contributed by atoms with Crippen molar-refractivity contribution in [1.82, 2.24) is 4.98 Å². The average Bonchev–Trinajstić information content (AvgIpc) is 2.60. The number of hydrogen-bond donors (Lipinski definition) is 5. The smallest absolute Gasteiger partial charge is 0.338 e. The zero-order valence-corrected chi connectivity index (χ0v) is 13.4. The van der Waals surface area contributed by atoms with Gasteiger partial charge in [0.05, 0.1) is 23.3 Å². The van der Waals surface area contributed by atoms with Crippen molar-refractivity contribution in [1.29, 1.82) is 5.26 Å². The second-order valence-corrected chi connectivity index (χ2v) is 5.24. The van der Waals surface area contributed by atoms with E-state index in [0.717, 1.165) is 6.07 Å². The second kappa shape index (κ2) is 8.09. The zero-order valence-electron chi connectivity index (χ0n) is 12.5. The molecular formula is C13H9N5O7S. The number of hydrogen-bond acceptors (Lipinski definition) is 11. The van der Waals surface area contributed by atoms with Gasteiger partial charge in [-0.1, -0.05) is 5.04 Å². The number of pyridine rings is 1. The number of rotatable bonds is 6. The number of benzene rings is 1. The largest absolute Gasteiger partial charge is 0.493 e. The number of aromatic carboxylic acids is 1. The summed E-state index contributed by atoms with van der Waals surface area (Å²) < 4.78 is 4.20. The average molecular weight is 379 g/mol. The number of nitrogens with zero attached hydrogens (tertiary/aromatic N) is 3. The van der Waals surface area contributed by atoms with Crippen LogP contribution in [-0.4, -0.2) is 26.4 Å². The molecule has 1 aromatic heterocycles. The van der Waals surface area contributed by atoms with E-state index in [2.05, 4.69) is 19.6 Å². The SMILES string of the molecule is N#Cc1c(N)c(/N=N/c2ccc(SOOO)cc2C(=O)O)c(O)[nH]c1=O. The maximum atomic E-state index is 11.5. The highest BCUT2D eigenvalue weighted by Gasteiger charge is 2.16. The van der Waals surface area contributed by atoms with E-state index in [4.69, 9.17) is 16.3 Å². The molecule has 2 aromatic rings. The number of aromatic hydroxyl groups is 1. The lowest BCUT2D eigenvalue weighted by Gasteiger charge is -2.05. The molecule has 1 heterocycles. The van der Waals surface area contributed by atoms with Gasteiger partial charge in [0.15, 0.2) is 5.69 Å². The number of nitrogen functional groups attached to an aromatic ring is 1. The van der Waals surface area contributed by atoms with E-state index in [1.54, 1.807) is 6.07 Å². The van der Waals surface area contributed by atoms with Crippen LogP contribution in [-0.2, 0) is 9.37 Å². The summed E-state index contributed by atoms with van der Waals surface area (Å²) in [6.45, 7) is 0. The first-order chi connectivity index (χ1) is 12.4. The minimum absolute atomic E-state index is 0.115. The van der Waals surface area contributed by atoms with E-state index in [9.17, 15) is 19.8 Å². The van der Waals surface area contributed by atoms with Crippen molar-refractivity contribution in [3.05, 3.63) is 39.7 Å². The molecule has 0 aliphatic heterocycles. The lowest BCUT2D eigenvalue weighted by molar-refractivity contribution is -0.432. The quantitative estimate of drug-likeness (QED) is 0.214. The number of nitrogens with two attached hydrogens (primary N) is 1. The molecule has 0 fully saturated rings. The van der Waals surface area contributed by atoms with Gasteiger partial charge in [0.1, 0.15) is 17.3 Å². The van der Waals surface area contributed by atoms with Gasteiger partial charge in [-0.15, -0.1) is 14.6 Å². The lowest BCUT2D eigenvalue weighted by atomic mass is 10.2. The third-order valence-electron chi connectivity index (χ3n) is 2.94. The fourth-order valence-electron chi connectivity index (χ4n) is 1.79. The number of carbonyl (C=O) groups is 1. The molecule has 0 saturated carbocycles. The Labute approximate surface area is 148 Å². The summed E-state index contributed by atoms with van der Waals surface area (Å²) in [5.41, 5.74) is 3.03. The Balaban J connectivity index is 2.47. The van der Waals surface area contributed by atoms with Gasteiger partial charge >= 0.3 is 5.97 Å². The second-order valence-electron chi connectivity index (χ2n) is 4.46. The summed E-state index contributed by atoms with van der Waals surface area (Å²) in [6, 6.07) is 5.38. The van der Waals surface area contributed by atoms with Crippen molar-refractivity contribution < 1.29 is 29.6 Å². The molecule has 0 amide bonds. The first-order valence-corrected chi connectivity index (χ1v) is 7.21. The summed E-state index contributed by atoms with van der Waals surface area (Å²) in [5.74, 6) is -2.07. The Morgan fingerprint density at radius 2 is 2.12 bits per heavy atom. The number of nitrogens with one attached hydrogen (secondary N) is 1. The van der Waals surface area contributed by atoms with Crippen molar-refractivity contribution in [3.63, 3.8) is 0 Å². The summed E-state index contributed by atoms with van der Waals surface area (Å²) in [5, 5.41) is 46.7. The number of carboxylic acid groups (broad SMARTS) is 1. The summed E-state index contributed by atoms with van der Waals surface area (Å²) >= 11 is 0.543. The van der Waals surface area contributed by atoms with Gasteiger partial charge in [-0.3, -0.25) is 9.78 Å². The molecule has 0 atom stereocenters. The predicted molar refractivity (Wildman–Crippen MR) is 86.1 cm³/mol. The number of nitriles is 1. The molecule has 0 bridgehead atoms. The van der Waals surface area contributed by atoms with E-state index in [0.29, 0.717) is 12.0 Å². The van der Waals surface area contributed by atoms with Crippen LogP contribution in [0.3, 0.4) is 0 Å². The van der Waals surface area contributed by atoms with Gasteiger partial charge in [0.2, 0.25) is 5.88 Å². The Kier molecular flexibility index (Phi) is 5.88. The fraction of sp³-hybridized carbons (Fsp3) is 0. The van der Waals surface area contributed by atoms with Crippen LogP contribution in [0.15, 0.2) is 38.1 Å². The van der Waals surface area contributed by atoms with Gasteiger partial charge in [-0.05, 0) is 18.2 Å². The summed E-state index contributed by atoms with van der Waals surface area (Å²) in [4.78, 5) is 25.1. The predicted octanol–water partition coefficient (Wildman–Crippen LogP) is 2.08. The fourth-order valence-corrected chi connectivity index (χ4v) is 2.19. The van der Waals surface area contributed by atoms with Crippen LogP contribution in [0.25, 0.3) is 0 Å². The highest BCUT2D eigenvalue weighted by molar-refractivity contribution is 7.94. The van der Waals surface area contributed by atoms with E-state index in [1.165, 1.54) is 12.1 Å². The highest BCUT2D eigenvalue weighted by atomic mass is 32.2. The standard InChI is InChI=1S/C13H9N5O7S/c14-4-7-9(15)10(12(20)16-11(7)19)18-17-8-2-1-5(26-25-24-23)3-6(8)13(21)22/h1-3,23H,(H,21,22)(H4,15,16,19,20)/b18-17+. The first kappa shape index (κ1) is 18.9. The van der Waals surface area contributed by atoms with Crippen molar-refractivity contribution in [2.75, 3.05) is 5.73 Å². The molecule has 1 aromatic carbocycles. The minimum atomic E-state index is -1.34. The molecule has 0 aliphatic carbocycles. The number of H-pyrrole nitrogens is 1. The van der Waals surface area contributed by atoms with Gasteiger partial charge in [0, 0.05) is 4.90 Å². The van der Waals surface area contributed by atoms with Crippen molar-refractivity contribution in [2.24, 2.45) is 10.2 Å². The van der Waals surface area contributed by atoms with Gasteiger partial charge in [0.25, 0.3) is 5.56 Å². The molecule has 0 saturated heterocycles. The monoisotopic (exact) mass is 379 g/mol. The van der Waals surface area contributed by atoms with Crippen molar-refractivity contribution in [2.45, 2.75) is 4.90 Å². The maximum absolute atomic E-state index is 11.5. The molecule has 13 heteroatoms. The molecule has 6 N–H and O–H groups in total. The minimum Gasteiger partial charge on any atom is -0.493 e. The molecule has 26 heavy (non-hydrogen) atoms. The molecule has 12 nitrogen and oxygen atoms in total. The molecule has 0 unspecified atom stereocenters. The van der Waals surface area contributed by atoms with E-state index >= 15 is 0 Å². The van der Waals surface area contributed by atoms with Gasteiger partial charge < -0.3 is 15.9 Å². The van der Waals surface area contributed by atoms with Gasteiger partial charge in [-0.2, -0.15) is 5.26 Å². The van der Waals surface area contributed by atoms with Crippen LogP contribution in [0.2, 0.25) is 0 Å². The number of aromatic nitrogens is 1. The molecular weight excluding hydrogens is 370 g/mol. The van der Waals surface area contributed by atoms with Crippen LogP contribution in [0.5, 0.6) is 5.88 Å². The Bertz CT molecular complexity index is 982. The Hall–Kier alpha value is -3.44. The van der Waals surface area contributed by atoms with Crippen LogP contribution < -0.4 is 11.3 Å². The third kappa shape index (κ3) is 3.96. The number of carboxylic acids is 1. The van der Waals surface area contributed by atoms with Crippen LogP contribution in [0.1, 0.15) is 15.9 Å². The van der Waals surface area contributed by atoms with Crippen LogP contribution in [0.4, 0.5) is 17.1 Å². The number of anilines is 1. The molecule has 0 spiro atoms.